The lowest BCUT2D eigenvalue weighted by Crippen LogP contribution is -2.44. The Hall–Kier alpha value is 0.1000. The third-order valence-electron chi connectivity index (χ3n) is 4.18. The molecule has 0 spiro atoms. The Morgan fingerprint density at radius 1 is 1.22 bits per heavy atom. The van der Waals surface area contributed by atoms with Crippen molar-refractivity contribution in [1.29, 1.82) is 0 Å². The summed E-state index contributed by atoms with van der Waals surface area (Å²) in [6.45, 7) is 6.32. The molecule has 1 aliphatic rings. The van der Waals surface area contributed by atoms with E-state index in [-0.39, 0.29) is 29.0 Å². The van der Waals surface area contributed by atoms with Gasteiger partial charge >= 0.3 is 5.51 Å². The highest BCUT2D eigenvalue weighted by molar-refractivity contribution is 8.00. The maximum absolute atomic E-state index is 12.1. The quantitative estimate of drug-likeness (QED) is 0.826. The van der Waals surface area contributed by atoms with Gasteiger partial charge in [0.05, 0.1) is 0 Å². The minimum atomic E-state index is -4.11. The smallest absolute Gasteiger partial charge is 0.327 e. The highest BCUT2D eigenvalue weighted by Gasteiger charge is 2.38. The molecule has 1 saturated carbocycles. The van der Waals surface area contributed by atoms with Gasteiger partial charge in [-0.2, -0.15) is 13.2 Å². The highest BCUT2D eigenvalue weighted by atomic mass is 32.2. The second-order valence-electron chi connectivity index (χ2n) is 6.22. The largest absolute Gasteiger partial charge is 0.441 e. The van der Waals surface area contributed by atoms with E-state index in [2.05, 4.69) is 20.8 Å². The maximum atomic E-state index is 12.1. The molecule has 0 heterocycles. The number of halogens is 3. The Morgan fingerprint density at radius 3 is 2.33 bits per heavy atom. The third kappa shape index (κ3) is 5.00. The minimum absolute atomic E-state index is 0.0854. The first kappa shape index (κ1) is 16.2. The van der Waals surface area contributed by atoms with Gasteiger partial charge in [0, 0.05) is 11.8 Å². The summed E-state index contributed by atoms with van der Waals surface area (Å²) < 4.78 is 36.4. The second kappa shape index (κ2) is 6.04. The zero-order valence-electron chi connectivity index (χ0n) is 11.4. The summed E-state index contributed by atoms with van der Waals surface area (Å²) in [5, 5.41) is 0. The Kier molecular flexibility index (Phi) is 5.42. The van der Waals surface area contributed by atoms with Gasteiger partial charge in [-0.05, 0) is 36.5 Å². The molecule has 0 saturated heterocycles. The summed E-state index contributed by atoms with van der Waals surface area (Å²) in [6.07, 6.45) is 3.77. The monoisotopic (exact) mass is 283 g/mol. The van der Waals surface area contributed by atoms with Crippen LogP contribution in [0.4, 0.5) is 13.2 Å². The molecule has 0 amide bonds. The van der Waals surface area contributed by atoms with Crippen molar-refractivity contribution in [2.45, 2.75) is 58.0 Å². The first-order valence-electron chi connectivity index (χ1n) is 6.58. The molecule has 1 nitrogen and oxygen atoms in total. The number of nitrogens with two attached hydrogens (primary N) is 1. The van der Waals surface area contributed by atoms with Gasteiger partial charge in [0.15, 0.2) is 0 Å². The van der Waals surface area contributed by atoms with Gasteiger partial charge in [-0.15, -0.1) is 0 Å². The van der Waals surface area contributed by atoms with E-state index in [0.717, 1.165) is 19.3 Å². The molecule has 108 valence electrons. The molecular formula is C13H24F3NS. The van der Waals surface area contributed by atoms with E-state index in [9.17, 15) is 13.2 Å². The Balaban J connectivity index is 2.47. The predicted octanol–water partition coefficient (Wildman–Crippen LogP) is 4.42. The maximum Gasteiger partial charge on any atom is 0.441 e. The van der Waals surface area contributed by atoms with Crippen molar-refractivity contribution in [2.24, 2.45) is 23.0 Å². The molecule has 0 aromatic rings. The fourth-order valence-corrected chi connectivity index (χ4v) is 3.87. The molecule has 1 rings (SSSR count). The van der Waals surface area contributed by atoms with Crippen LogP contribution in [0.15, 0.2) is 0 Å². The second-order valence-corrected chi connectivity index (χ2v) is 7.38. The summed E-state index contributed by atoms with van der Waals surface area (Å²) in [6, 6.07) is 0.139. The van der Waals surface area contributed by atoms with Gasteiger partial charge in [-0.1, -0.05) is 39.0 Å². The molecule has 3 unspecified atom stereocenters. The fraction of sp³-hybridized carbons (Fsp3) is 1.00. The van der Waals surface area contributed by atoms with Crippen LogP contribution in [0.5, 0.6) is 0 Å². The Bertz CT molecular complexity index is 265. The Labute approximate surface area is 112 Å². The van der Waals surface area contributed by atoms with Crippen LogP contribution in [0.2, 0.25) is 0 Å². The van der Waals surface area contributed by atoms with Crippen molar-refractivity contribution in [3.8, 4) is 0 Å². The summed E-state index contributed by atoms with van der Waals surface area (Å²) in [5.74, 6) is 1.13. The molecule has 1 fully saturated rings. The molecular weight excluding hydrogens is 259 g/mol. The Morgan fingerprint density at radius 2 is 1.83 bits per heavy atom. The zero-order valence-corrected chi connectivity index (χ0v) is 12.2. The topological polar surface area (TPSA) is 26.0 Å². The SMILES string of the molecule is CC1CCC(C(C)(C)CCSC(F)(F)F)C(N)C1. The van der Waals surface area contributed by atoms with Crippen LogP contribution in [0.1, 0.15) is 46.5 Å². The number of thioether (sulfide) groups is 1. The lowest BCUT2D eigenvalue weighted by atomic mass is 9.65. The fourth-order valence-electron chi connectivity index (χ4n) is 3.01. The van der Waals surface area contributed by atoms with Gasteiger partial charge in [-0.3, -0.25) is 0 Å². The number of alkyl halides is 3. The molecule has 18 heavy (non-hydrogen) atoms. The van der Waals surface area contributed by atoms with Gasteiger partial charge in [0.2, 0.25) is 0 Å². The van der Waals surface area contributed by atoms with E-state index in [0.29, 0.717) is 18.3 Å². The van der Waals surface area contributed by atoms with Crippen LogP contribution < -0.4 is 5.73 Å². The van der Waals surface area contributed by atoms with Crippen LogP contribution >= 0.6 is 11.8 Å². The summed E-state index contributed by atoms with van der Waals surface area (Å²) >= 11 is 0.0854. The first-order valence-corrected chi connectivity index (χ1v) is 7.56. The molecule has 2 N–H and O–H groups in total. The highest BCUT2D eigenvalue weighted by Crippen LogP contribution is 2.43. The average Bonchev–Trinajstić information content (AvgIpc) is 2.13. The summed E-state index contributed by atoms with van der Waals surface area (Å²) in [5.41, 5.74) is 1.97. The molecule has 3 atom stereocenters. The standard InChI is InChI=1S/C13H24F3NS/c1-9-4-5-10(11(17)8-9)12(2,3)6-7-18-13(14,15)16/h9-11H,4-8,17H2,1-3H3. The normalized spacial score (nSPS) is 30.5. The number of hydrogen-bond donors (Lipinski definition) is 1. The lowest BCUT2D eigenvalue weighted by Gasteiger charge is -2.43. The molecule has 0 aromatic carbocycles. The van der Waals surface area contributed by atoms with Crippen molar-refractivity contribution in [1.82, 2.24) is 0 Å². The predicted molar refractivity (Wildman–Crippen MR) is 71.4 cm³/mol. The first-order chi connectivity index (χ1) is 8.12. The summed E-state index contributed by atoms with van der Waals surface area (Å²) in [4.78, 5) is 0. The molecule has 5 heteroatoms. The average molecular weight is 283 g/mol. The van der Waals surface area contributed by atoms with Gasteiger partial charge < -0.3 is 5.73 Å². The van der Waals surface area contributed by atoms with Crippen molar-refractivity contribution >= 4 is 11.8 Å². The van der Waals surface area contributed by atoms with Crippen LogP contribution in [-0.2, 0) is 0 Å². The lowest BCUT2D eigenvalue weighted by molar-refractivity contribution is -0.0330. The number of rotatable bonds is 4. The van der Waals surface area contributed by atoms with Crippen molar-refractivity contribution < 1.29 is 13.2 Å². The minimum Gasteiger partial charge on any atom is -0.327 e. The van der Waals surface area contributed by atoms with E-state index >= 15 is 0 Å². The van der Waals surface area contributed by atoms with Crippen LogP contribution in [0.25, 0.3) is 0 Å². The van der Waals surface area contributed by atoms with Gasteiger partial charge in [0.25, 0.3) is 0 Å². The van der Waals surface area contributed by atoms with Crippen molar-refractivity contribution in [3.63, 3.8) is 0 Å². The van der Waals surface area contributed by atoms with Crippen LogP contribution in [0, 0.1) is 17.3 Å². The number of hydrogen-bond acceptors (Lipinski definition) is 2. The molecule has 0 bridgehead atoms. The van der Waals surface area contributed by atoms with E-state index in [1.807, 2.05) is 0 Å². The van der Waals surface area contributed by atoms with Gasteiger partial charge in [0.1, 0.15) is 0 Å². The molecule has 0 aromatic heterocycles. The molecule has 0 radical (unpaired) electrons. The van der Waals surface area contributed by atoms with Gasteiger partial charge in [-0.25, -0.2) is 0 Å². The van der Waals surface area contributed by atoms with Crippen LogP contribution in [-0.4, -0.2) is 17.3 Å². The van der Waals surface area contributed by atoms with E-state index in [4.69, 9.17) is 5.73 Å². The van der Waals surface area contributed by atoms with Crippen LogP contribution in [0.3, 0.4) is 0 Å². The van der Waals surface area contributed by atoms with E-state index in [1.54, 1.807) is 0 Å². The van der Waals surface area contributed by atoms with Crippen molar-refractivity contribution in [3.05, 3.63) is 0 Å². The molecule has 1 aliphatic carbocycles. The van der Waals surface area contributed by atoms with Crippen molar-refractivity contribution in [2.75, 3.05) is 5.75 Å². The summed E-state index contributed by atoms with van der Waals surface area (Å²) in [7, 11) is 0. The van der Waals surface area contributed by atoms with E-state index in [1.165, 1.54) is 0 Å². The third-order valence-corrected chi connectivity index (χ3v) is 4.91. The van der Waals surface area contributed by atoms with E-state index < -0.39 is 5.51 Å². The zero-order chi connectivity index (χ0) is 14.0. The molecule has 0 aliphatic heterocycles.